The van der Waals surface area contributed by atoms with E-state index in [0.29, 0.717) is 47.6 Å². The number of ketones is 1. The van der Waals surface area contributed by atoms with Gasteiger partial charge in [0, 0.05) is 57.4 Å². The normalized spacial score (nSPS) is 22.6. The fourth-order valence-electron chi connectivity index (χ4n) is 8.76. The number of nitrogens with one attached hydrogen (secondary N) is 3. The molecular weight excluding hydrogens is 722 g/mol. The van der Waals surface area contributed by atoms with Gasteiger partial charge < -0.3 is 29.2 Å². The Kier molecular flexibility index (Phi) is 6.93. The quantitative estimate of drug-likeness (QED) is 0.144. The molecule has 3 unspecified atom stereocenters. The van der Waals surface area contributed by atoms with Gasteiger partial charge in [0.1, 0.15) is 23.0 Å². The van der Waals surface area contributed by atoms with Gasteiger partial charge in [-0.15, -0.1) is 0 Å². The summed E-state index contributed by atoms with van der Waals surface area (Å²) in [5.74, 6) is 1.57. The maximum Gasteiger partial charge on any atom is 0.249 e. The molecule has 10 nitrogen and oxygen atoms in total. The molecule has 0 fully saturated rings. The second-order valence-corrected chi connectivity index (χ2v) is 15.9. The number of carbonyl (C=O) groups excluding carboxylic acids is 2. The molecule has 52 heavy (non-hydrogen) atoms. The summed E-state index contributed by atoms with van der Waals surface area (Å²) in [5.41, 5.74) is 7.10. The van der Waals surface area contributed by atoms with Crippen LogP contribution in [0.5, 0.6) is 5.75 Å². The van der Waals surface area contributed by atoms with Crippen LogP contribution in [0, 0.1) is 11.8 Å². The largest absolute Gasteiger partial charge is 0.469 e. The molecule has 6 aromatic rings. The number of oxazole rings is 2. The molecule has 0 aliphatic carbocycles. The van der Waals surface area contributed by atoms with Gasteiger partial charge >= 0.3 is 0 Å². The third kappa shape index (κ3) is 4.34. The highest BCUT2D eigenvalue weighted by molar-refractivity contribution is 9.10. The molecule has 1 spiro atoms. The van der Waals surface area contributed by atoms with E-state index in [4.69, 9.17) is 23.5 Å². The number of H-pyrrole nitrogens is 1. The van der Waals surface area contributed by atoms with Crippen LogP contribution in [-0.4, -0.2) is 37.7 Å². The third-order valence-corrected chi connectivity index (χ3v) is 12.2. The molecule has 0 saturated carbocycles. The van der Waals surface area contributed by atoms with E-state index < -0.39 is 23.6 Å². The van der Waals surface area contributed by atoms with Crippen molar-refractivity contribution in [1.82, 2.24) is 20.3 Å². The molecule has 10 bridgehead atoms. The average molecular weight is 759 g/mol. The molecule has 5 atom stereocenters. The van der Waals surface area contributed by atoms with E-state index >= 15 is 0 Å². The zero-order valence-electron chi connectivity index (χ0n) is 28.9. The minimum atomic E-state index is -1.00. The highest BCUT2D eigenvalue weighted by atomic mass is 79.9. The number of hydrogen-bond donors (Lipinski definition) is 3. The number of nitrogens with zero attached hydrogens (tertiary/aromatic N) is 2. The van der Waals surface area contributed by atoms with Gasteiger partial charge in [-0.1, -0.05) is 85.6 Å². The molecule has 3 N–H and O–H groups in total. The van der Waals surface area contributed by atoms with Crippen molar-refractivity contribution in [3.63, 3.8) is 0 Å². The second-order valence-electron chi connectivity index (χ2n) is 14.8. The lowest BCUT2D eigenvalue weighted by molar-refractivity contribution is -0.130. The highest BCUT2D eigenvalue weighted by Crippen LogP contribution is 2.61. The van der Waals surface area contributed by atoms with E-state index in [0.717, 1.165) is 56.4 Å². The van der Waals surface area contributed by atoms with E-state index in [1.54, 1.807) is 6.20 Å². The van der Waals surface area contributed by atoms with Gasteiger partial charge in [0.05, 0.1) is 11.0 Å². The predicted octanol–water partition coefficient (Wildman–Crippen LogP) is 8.45. The van der Waals surface area contributed by atoms with Gasteiger partial charge in [-0.3, -0.25) is 9.59 Å². The first-order valence-electron chi connectivity index (χ1n) is 18.0. The lowest BCUT2D eigenvalue weighted by atomic mass is 9.72. The van der Waals surface area contributed by atoms with Crippen LogP contribution in [0.1, 0.15) is 74.4 Å². The molecule has 1 amide bonds. The van der Waals surface area contributed by atoms with Crippen molar-refractivity contribution in [2.45, 2.75) is 69.0 Å². The Labute approximate surface area is 307 Å². The lowest BCUT2D eigenvalue weighted by Crippen LogP contribution is -2.40. The number of anilines is 1. The zero-order chi connectivity index (χ0) is 35.5. The van der Waals surface area contributed by atoms with E-state index in [-0.39, 0.29) is 28.9 Å². The van der Waals surface area contributed by atoms with Crippen molar-refractivity contribution in [1.29, 1.82) is 0 Å². The van der Waals surface area contributed by atoms with Gasteiger partial charge in [-0.2, -0.15) is 0 Å². The van der Waals surface area contributed by atoms with Gasteiger partial charge in [-0.05, 0) is 42.0 Å². The molecule has 0 saturated heterocycles. The molecule has 0 radical (unpaired) electrons. The number of aromatic amines is 1. The Morgan fingerprint density at radius 3 is 2.73 bits per heavy atom. The van der Waals surface area contributed by atoms with Crippen LogP contribution in [0.15, 0.2) is 75.8 Å². The molecule has 11 heteroatoms. The zero-order valence-corrected chi connectivity index (χ0v) is 30.5. The number of benzene rings is 3. The summed E-state index contributed by atoms with van der Waals surface area (Å²) in [6.07, 6.45) is 5.15. The van der Waals surface area contributed by atoms with E-state index in [1.165, 1.54) is 0 Å². The summed E-state index contributed by atoms with van der Waals surface area (Å²) in [4.78, 5) is 40.8. The van der Waals surface area contributed by atoms with Crippen molar-refractivity contribution in [3.8, 4) is 39.8 Å². The predicted molar refractivity (Wildman–Crippen MR) is 199 cm³/mol. The van der Waals surface area contributed by atoms with Crippen molar-refractivity contribution < 1.29 is 23.2 Å². The summed E-state index contributed by atoms with van der Waals surface area (Å²) in [6, 6.07) is 18.1. The Morgan fingerprint density at radius 2 is 1.88 bits per heavy atom. The number of carbonyl (C=O) groups is 2. The van der Waals surface area contributed by atoms with Gasteiger partial charge in [-0.25, -0.2) is 9.97 Å². The topological polar surface area (TPSA) is 135 Å². The third-order valence-electron chi connectivity index (χ3n) is 11.3. The Morgan fingerprint density at radius 1 is 1.04 bits per heavy atom. The number of alkyl halides is 1. The fourth-order valence-corrected chi connectivity index (χ4v) is 9.40. The molecular formula is C41H36BrN5O5. The van der Waals surface area contributed by atoms with Gasteiger partial charge in [0.15, 0.2) is 23.4 Å². The Hall–Kier alpha value is -5.16. The Bertz CT molecular complexity index is 2460. The summed E-state index contributed by atoms with van der Waals surface area (Å²) in [6.45, 7) is 6.09. The van der Waals surface area contributed by atoms with E-state index in [1.807, 2.05) is 39.1 Å². The number of para-hydroxylation sites is 1. The van der Waals surface area contributed by atoms with Crippen LogP contribution in [0.3, 0.4) is 0 Å². The van der Waals surface area contributed by atoms with Crippen LogP contribution in [0.4, 0.5) is 5.69 Å². The van der Waals surface area contributed by atoms with Crippen LogP contribution >= 0.6 is 15.9 Å². The summed E-state index contributed by atoms with van der Waals surface area (Å²) >= 11 is 3.58. The number of aromatic nitrogens is 3. The number of rotatable bonds is 6. The summed E-state index contributed by atoms with van der Waals surface area (Å²) < 4.78 is 20.5. The van der Waals surface area contributed by atoms with Crippen LogP contribution < -0.4 is 15.4 Å². The smallest absolute Gasteiger partial charge is 0.249 e. The molecule has 10 rings (SSSR count). The summed E-state index contributed by atoms with van der Waals surface area (Å²) in [7, 11) is 0. The molecule has 3 aromatic heterocycles. The van der Waals surface area contributed by atoms with Crippen molar-refractivity contribution in [3.05, 3.63) is 95.3 Å². The number of Topliss-reactive ketones (excluding diaryl/α,β-unsaturated/α-hetero) is 1. The van der Waals surface area contributed by atoms with Crippen LogP contribution in [0.25, 0.3) is 44.9 Å². The fraction of sp³-hybridized carbons (Fsp3) is 0.317. The van der Waals surface area contributed by atoms with Gasteiger partial charge in [0.2, 0.25) is 17.7 Å². The maximum atomic E-state index is 14.3. The van der Waals surface area contributed by atoms with Crippen molar-refractivity contribution >= 4 is 44.2 Å². The highest BCUT2D eigenvalue weighted by Gasteiger charge is 2.61. The number of fused-ring (bicyclic) bond motifs is 7. The second kappa shape index (κ2) is 11.4. The van der Waals surface area contributed by atoms with Crippen molar-refractivity contribution in [2.75, 3.05) is 5.32 Å². The standard InChI is InChI=1S/C41H36BrN5O5/c1-4-7-27(42)29(48)16-21-14-20-12-13-30-26(15-20)41-25-10-5-9-23(34(25)47-40(41)51-30)22-8-6-11-28-32(22)24(17-43-28)31-18-44-38(50-31)35-36(41)52-39(46-35)33(19(2)3)45-37(21)49/h5-6,8-13,15,17-19,21,27,33,40,43,47H,4,7,14,16H2,1-3H3,(H,45,49)/t21?,27?,33-,40?,41-/m0/s1. The minimum Gasteiger partial charge on any atom is -0.469 e. The number of amides is 1. The van der Waals surface area contributed by atoms with Crippen LogP contribution in [0.2, 0.25) is 0 Å². The van der Waals surface area contributed by atoms with Crippen LogP contribution in [-0.2, 0) is 21.4 Å². The monoisotopic (exact) mass is 757 g/mol. The number of hydrogen-bond acceptors (Lipinski definition) is 8. The van der Waals surface area contributed by atoms with Crippen molar-refractivity contribution in [2.24, 2.45) is 11.8 Å². The van der Waals surface area contributed by atoms with Gasteiger partial charge in [0.25, 0.3) is 0 Å². The molecule has 4 aliphatic heterocycles. The lowest BCUT2D eigenvalue weighted by Gasteiger charge is -2.28. The summed E-state index contributed by atoms with van der Waals surface area (Å²) in [5, 5.41) is 8.08. The molecule has 262 valence electrons. The SMILES string of the molecule is CCCC(Br)C(=O)CC1Cc2ccc3c(c2)[C@]24c5cccc(c5NC2O3)-c2cccc3[nH]cc(c23)-c2cnc(o2)-c2nc(oc24)[C@H](C(C)C)NC1=O. The molecule has 7 heterocycles. The maximum absolute atomic E-state index is 14.3. The minimum absolute atomic E-state index is 0.0174. The first-order chi connectivity index (χ1) is 25.3. The first-order valence-corrected chi connectivity index (χ1v) is 18.9. The van der Waals surface area contributed by atoms with E-state index in [9.17, 15) is 9.59 Å². The van der Waals surface area contributed by atoms with E-state index in [2.05, 4.69) is 74.0 Å². The number of ether oxygens (including phenoxy) is 1. The first kappa shape index (κ1) is 31.6. The number of halogens is 1. The Balaban J connectivity index is 1.27. The average Bonchev–Trinajstić information content (AvgIpc) is 3.96. The molecule has 4 aliphatic rings. The molecule has 3 aromatic carbocycles.